The number of amides is 1. The molecular weight excluding hydrogens is 359 g/mol. The van der Waals surface area contributed by atoms with E-state index in [0.717, 1.165) is 23.5 Å². The molecule has 1 amide bonds. The van der Waals surface area contributed by atoms with Crippen molar-refractivity contribution in [3.05, 3.63) is 50.2 Å². The summed E-state index contributed by atoms with van der Waals surface area (Å²) in [6.07, 6.45) is 2.24. The smallest absolute Gasteiger partial charge is 0.266 e. The van der Waals surface area contributed by atoms with Crippen LogP contribution in [0.3, 0.4) is 0 Å². The molecule has 1 atom stereocenters. The van der Waals surface area contributed by atoms with Gasteiger partial charge in [-0.2, -0.15) is 0 Å². The van der Waals surface area contributed by atoms with Crippen LogP contribution < -0.4 is 0 Å². The Morgan fingerprint density at radius 2 is 2.24 bits per heavy atom. The zero-order chi connectivity index (χ0) is 18.1. The first kappa shape index (κ1) is 18.3. The second-order valence-electron chi connectivity index (χ2n) is 6.82. The van der Waals surface area contributed by atoms with Crippen molar-refractivity contribution in [1.29, 1.82) is 0 Å². The fraction of sp³-hybridized carbons (Fsp3) is 0.474. The van der Waals surface area contributed by atoms with E-state index >= 15 is 0 Å². The molecule has 2 aromatic rings. The molecule has 25 heavy (non-hydrogen) atoms. The standard InChI is InChI=1S/C19H22ClFN2OS/c1-11(2)18-22-12(3)17(25-18)19(24)23-9-5-6-13(23)10-14-15(20)7-4-8-16(14)21/h4,7-8,11,13H,5-6,9-10H2,1-3H3/t13-/m0/s1. The Morgan fingerprint density at radius 1 is 1.48 bits per heavy atom. The van der Waals surface area contributed by atoms with Gasteiger partial charge in [0.2, 0.25) is 0 Å². The monoisotopic (exact) mass is 380 g/mol. The summed E-state index contributed by atoms with van der Waals surface area (Å²) in [5.41, 5.74) is 1.28. The van der Waals surface area contributed by atoms with Gasteiger partial charge in [-0.3, -0.25) is 4.79 Å². The number of aromatic nitrogens is 1. The van der Waals surface area contributed by atoms with Crippen LogP contribution >= 0.6 is 22.9 Å². The Kier molecular flexibility index (Phi) is 5.44. The van der Waals surface area contributed by atoms with Gasteiger partial charge in [-0.1, -0.05) is 31.5 Å². The quantitative estimate of drug-likeness (QED) is 0.729. The van der Waals surface area contributed by atoms with Crippen LogP contribution in [0.2, 0.25) is 5.02 Å². The number of halogens is 2. The Bertz CT molecular complexity index is 769. The number of hydrogen-bond donors (Lipinski definition) is 0. The molecule has 0 bridgehead atoms. The van der Waals surface area contributed by atoms with E-state index in [0.29, 0.717) is 34.3 Å². The third-order valence-electron chi connectivity index (χ3n) is 4.64. The van der Waals surface area contributed by atoms with Crippen molar-refractivity contribution in [2.75, 3.05) is 6.54 Å². The molecule has 3 rings (SSSR count). The SMILES string of the molecule is Cc1nc(C(C)C)sc1C(=O)N1CCC[C@H]1Cc1c(F)cccc1Cl. The van der Waals surface area contributed by atoms with Gasteiger partial charge in [-0.25, -0.2) is 9.37 Å². The highest BCUT2D eigenvalue weighted by Crippen LogP contribution is 2.31. The van der Waals surface area contributed by atoms with Crippen LogP contribution in [0.4, 0.5) is 4.39 Å². The summed E-state index contributed by atoms with van der Waals surface area (Å²) >= 11 is 7.64. The second-order valence-corrected chi connectivity index (χ2v) is 8.26. The number of rotatable bonds is 4. The number of aryl methyl sites for hydroxylation is 1. The first-order valence-electron chi connectivity index (χ1n) is 8.59. The van der Waals surface area contributed by atoms with Gasteiger partial charge in [-0.15, -0.1) is 11.3 Å². The van der Waals surface area contributed by atoms with E-state index in [1.807, 2.05) is 11.8 Å². The summed E-state index contributed by atoms with van der Waals surface area (Å²) in [5.74, 6) is 0.0107. The van der Waals surface area contributed by atoms with Gasteiger partial charge in [0.05, 0.1) is 10.7 Å². The summed E-state index contributed by atoms with van der Waals surface area (Å²) in [5, 5.41) is 1.41. The molecule has 6 heteroatoms. The summed E-state index contributed by atoms with van der Waals surface area (Å²) in [6, 6.07) is 4.70. The van der Waals surface area contributed by atoms with E-state index in [9.17, 15) is 9.18 Å². The lowest BCUT2D eigenvalue weighted by atomic mass is 10.0. The molecule has 1 aromatic carbocycles. The summed E-state index contributed by atoms with van der Waals surface area (Å²) < 4.78 is 14.1. The minimum Gasteiger partial charge on any atom is -0.335 e. The lowest BCUT2D eigenvalue weighted by Crippen LogP contribution is -2.37. The molecule has 0 saturated carbocycles. The molecule has 0 N–H and O–H groups in total. The Hall–Kier alpha value is -1.46. The number of likely N-dealkylation sites (tertiary alicyclic amines) is 1. The van der Waals surface area contributed by atoms with Gasteiger partial charge in [0, 0.05) is 29.1 Å². The van der Waals surface area contributed by atoms with E-state index in [1.165, 1.54) is 17.4 Å². The number of thiazole rings is 1. The normalized spacial score (nSPS) is 17.5. The van der Waals surface area contributed by atoms with Gasteiger partial charge < -0.3 is 4.90 Å². The molecule has 1 aliphatic heterocycles. The van der Waals surface area contributed by atoms with Crippen LogP contribution in [0.1, 0.15) is 58.5 Å². The highest BCUT2D eigenvalue weighted by molar-refractivity contribution is 7.13. The fourth-order valence-electron chi connectivity index (χ4n) is 3.27. The number of hydrogen-bond acceptors (Lipinski definition) is 3. The first-order chi connectivity index (χ1) is 11.9. The van der Waals surface area contributed by atoms with Crippen LogP contribution in [0.5, 0.6) is 0 Å². The van der Waals surface area contributed by atoms with Crippen LogP contribution in [0.15, 0.2) is 18.2 Å². The third kappa shape index (κ3) is 3.72. The van der Waals surface area contributed by atoms with Crippen molar-refractivity contribution in [3.63, 3.8) is 0 Å². The van der Waals surface area contributed by atoms with Crippen molar-refractivity contribution in [1.82, 2.24) is 9.88 Å². The van der Waals surface area contributed by atoms with Crippen LogP contribution in [0.25, 0.3) is 0 Å². The van der Waals surface area contributed by atoms with Crippen molar-refractivity contribution in [2.45, 2.75) is 52.0 Å². The maximum absolute atomic E-state index is 14.1. The zero-order valence-electron chi connectivity index (χ0n) is 14.7. The van der Waals surface area contributed by atoms with Crippen LogP contribution in [0, 0.1) is 12.7 Å². The average Bonchev–Trinajstić information content (AvgIpc) is 3.17. The molecule has 134 valence electrons. The van der Waals surface area contributed by atoms with E-state index in [-0.39, 0.29) is 17.8 Å². The van der Waals surface area contributed by atoms with E-state index < -0.39 is 0 Å². The number of carbonyl (C=O) groups excluding carboxylic acids is 1. The highest BCUT2D eigenvalue weighted by atomic mass is 35.5. The number of carbonyl (C=O) groups is 1. The van der Waals surface area contributed by atoms with Crippen molar-refractivity contribution >= 4 is 28.8 Å². The predicted molar refractivity (Wildman–Crippen MR) is 100 cm³/mol. The minimum absolute atomic E-state index is 0.0110. The minimum atomic E-state index is -0.303. The third-order valence-corrected chi connectivity index (χ3v) is 6.44. The van der Waals surface area contributed by atoms with Crippen molar-refractivity contribution in [3.8, 4) is 0 Å². The van der Waals surface area contributed by atoms with Gasteiger partial charge in [0.1, 0.15) is 10.7 Å². The molecule has 0 spiro atoms. The molecule has 1 fully saturated rings. The molecule has 2 heterocycles. The highest BCUT2D eigenvalue weighted by Gasteiger charge is 2.32. The Morgan fingerprint density at radius 3 is 2.88 bits per heavy atom. The number of benzene rings is 1. The molecule has 1 saturated heterocycles. The lowest BCUT2D eigenvalue weighted by Gasteiger charge is -2.25. The predicted octanol–water partition coefficient (Wildman–Crippen LogP) is 5.21. The van der Waals surface area contributed by atoms with Gasteiger partial charge >= 0.3 is 0 Å². The van der Waals surface area contributed by atoms with Crippen LogP contribution in [-0.2, 0) is 6.42 Å². The molecule has 0 aliphatic carbocycles. The Balaban J connectivity index is 1.83. The fourth-order valence-corrected chi connectivity index (χ4v) is 4.54. The van der Waals surface area contributed by atoms with E-state index in [4.69, 9.17) is 11.6 Å². The van der Waals surface area contributed by atoms with Crippen molar-refractivity contribution < 1.29 is 9.18 Å². The lowest BCUT2D eigenvalue weighted by molar-refractivity contribution is 0.0740. The summed E-state index contributed by atoms with van der Waals surface area (Å²) in [7, 11) is 0. The molecule has 3 nitrogen and oxygen atoms in total. The largest absolute Gasteiger partial charge is 0.335 e. The van der Waals surface area contributed by atoms with Gasteiger partial charge in [0.15, 0.2) is 0 Å². The summed E-state index contributed by atoms with van der Waals surface area (Å²) in [6.45, 7) is 6.73. The maximum Gasteiger partial charge on any atom is 0.266 e. The summed E-state index contributed by atoms with van der Waals surface area (Å²) in [4.78, 5) is 20.1. The van der Waals surface area contributed by atoms with Gasteiger partial charge in [0.25, 0.3) is 5.91 Å². The molecule has 1 aliphatic rings. The average molecular weight is 381 g/mol. The molecule has 0 unspecified atom stereocenters. The zero-order valence-corrected chi connectivity index (χ0v) is 16.3. The van der Waals surface area contributed by atoms with E-state index in [2.05, 4.69) is 18.8 Å². The molecule has 1 aromatic heterocycles. The maximum atomic E-state index is 14.1. The molecule has 0 radical (unpaired) electrons. The van der Waals surface area contributed by atoms with Crippen molar-refractivity contribution in [2.24, 2.45) is 0 Å². The topological polar surface area (TPSA) is 33.2 Å². The first-order valence-corrected chi connectivity index (χ1v) is 9.79. The molecular formula is C19H22ClFN2OS. The van der Waals surface area contributed by atoms with E-state index in [1.54, 1.807) is 12.1 Å². The van der Waals surface area contributed by atoms with Gasteiger partial charge in [-0.05, 0) is 38.3 Å². The second kappa shape index (κ2) is 7.42. The van der Waals surface area contributed by atoms with Crippen LogP contribution in [-0.4, -0.2) is 28.4 Å². The number of nitrogens with zero attached hydrogens (tertiary/aromatic N) is 2. The Labute approximate surface area is 156 Å².